The van der Waals surface area contributed by atoms with E-state index >= 15 is 0 Å². The molecule has 21 heavy (non-hydrogen) atoms. The summed E-state index contributed by atoms with van der Waals surface area (Å²) in [6.07, 6.45) is 0. The minimum absolute atomic E-state index is 0.175. The molecule has 0 saturated carbocycles. The van der Waals surface area contributed by atoms with Crippen LogP contribution in [0, 0.1) is 0 Å². The number of carbonyl (C=O) groups excluding carboxylic acids is 1. The number of H-pyrrole nitrogens is 1. The van der Waals surface area contributed by atoms with Crippen LogP contribution in [0.15, 0.2) is 30.3 Å². The molecule has 0 saturated heterocycles. The van der Waals surface area contributed by atoms with Crippen molar-refractivity contribution in [2.45, 2.75) is 19.9 Å². The lowest BCUT2D eigenvalue weighted by molar-refractivity contribution is 0.0945. The van der Waals surface area contributed by atoms with E-state index in [9.17, 15) is 4.79 Å². The second-order valence-electron chi connectivity index (χ2n) is 4.82. The summed E-state index contributed by atoms with van der Waals surface area (Å²) in [5, 5.41) is 13.6. The number of aromatic nitrogens is 2. The summed E-state index contributed by atoms with van der Waals surface area (Å²) in [5.41, 5.74) is 1.88. The number of rotatable bonds is 6. The molecule has 0 fully saturated rings. The number of halogens is 1. The Hall–Kier alpha value is -1.85. The zero-order chi connectivity index (χ0) is 15.2. The van der Waals surface area contributed by atoms with Gasteiger partial charge in [-0.2, -0.15) is 5.10 Å². The summed E-state index contributed by atoms with van der Waals surface area (Å²) in [4.78, 5) is 12.0. The minimum Gasteiger partial charge on any atom is -0.349 e. The van der Waals surface area contributed by atoms with E-state index in [0.717, 1.165) is 12.1 Å². The maximum absolute atomic E-state index is 12.0. The van der Waals surface area contributed by atoms with E-state index in [0.29, 0.717) is 23.0 Å². The fourth-order valence-corrected chi connectivity index (χ4v) is 2.24. The van der Waals surface area contributed by atoms with Crippen molar-refractivity contribution in [1.82, 2.24) is 20.8 Å². The highest BCUT2D eigenvalue weighted by Gasteiger charge is 2.13. The van der Waals surface area contributed by atoms with Crippen LogP contribution in [0.2, 0.25) is 5.02 Å². The van der Waals surface area contributed by atoms with E-state index in [2.05, 4.69) is 20.8 Å². The normalized spacial score (nSPS) is 12.1. The van der Waals surface area contributed by atoms with E-state index in [4.69, 9.17) is 11.6 Å². The predicted molar refractivity (Wildman–Crippen MR) is 84.5 cm³/mol. The van der Waals surface area contributed by atoms with Crippen LogP contribution in [0.25, 0.3) is 11.3 Å². The minimum atomic E-state index is -0.175. The van der Waals surface area contributed by atoms with Gasteiger partial charge in [-0.25, -0.2) is 0 Å². The highest BCUT2D eigenvalue weighted by atomic mass is 35.5. The monoisotopic (exact) mass is 306 g/mol. The van der Waals surface area contributed by atoms with E-state index in [1.54, 1.807) is 12.1 Å². The van der Waals surface area contributed by atoms with E-state index in [-0.39, 0.29) is 11.9 Å². The van der Waals surface area contributed by atoms with E-state index < -0.39 is 0 Å². The number of benzene rings is 1. The average molecular weight is 307 g/mol. The van der Waals surface area contributed by atoms with Gasteiger partial charge in [0.05, 0.1) is 10.7 Å². The third-order valence-electron chi connectivity index (χ3n) is 3.09. The molecule has 2 rings (SSSR count). The Bertz CT molecular complexity index is 611. The zero-order valence-corrected chi connectivity index (χ0v) is 12.9. The van der Waals surface area contributed by atoms with E-state index in [1.807, 2.05) is 32.0 Å². The van der Waals surface area contributed by atoms with Crippen molar-refractivity contribution in [1.29, 1.82) is 0 Å². The maximum Gasteiger partial charge on any atom is 0.269 e. The molecule has 0 radical (unpaired) electrons. The molecule has 2 aromatic rings. The number of nitrogens with one attached hydrogen (secondary N) is 3. The molecular weight excluding hydrogens is 288 g/mol. The molecule has 0 aliphatic carbocycles. The Morgan fingerprint density at radius 3 is 2.90 bits per heavy atom. The molecule has 1 atom stereocenters. The molecule has 1 aromatic carbocycles. The van der Waals surface area contributed by atoms with Crippen LogP contribution in [0.5, 0.6) is 0 Å². The quantitative estimate of drug-likeness (QED) is 0.768. The van der Waals surface area contributed by atoms with Crippen molar-refractivity contribution < 1.29 is 4.79 Å². The lowest BCUT2D eigenvalue weighted by Gasteiger charge is -2.12. The van der Waals surface area contributed by atoms with E-state index in [1.165, 1.54) is 0 Å². The van der Waals surface area contributed by atoms with Crippen molar-refractivity contribution in [2.75, 3.05) is 13.1 Å². The summed E-state index contributed by atoms with van der Waals surface area (Å²) in [5.74, 6) is -0.175. The molecule has 0 unspecified atom stereocenters. The first-order valence-electron chi connectivity index (χ1n) is 6.93. The summed E-state index contributed by atoms with van der Waals surface area (Å²) in [6.45, 7) is 5.49. The third kappa shape index (κ3) is 4.06. The van der Waals surface area contributed by atoms with Crippen LogP contribution in [0.3, 0.4) is 0 Å². The van der Waals surface area contributed by atoms with Crippen molar-refractivity contribution in [3.63, 3.8) is 0 Å². The van der Waals surface area contributed by atoms with Gasteiger partial charge in [0.2, 0.25) is 0 Å². The molecule has 5 nitrogen and oxygen atoms in total. The number of hydrogen-bond donors (Lipinski definition) is 3. The number of likely N-dealkylation sites (N-methyl/N-ethyl adjacent to an activating group) is 1. The van der Waals surface area contributed by atoms with Crippen molar-refractivity contribution in [2.24, 2.45) is 0 Å². The van der Waals surface area contributed by atoms with Crippen molar-refractivity contribution >= 4 is 17.5 Å². The first-order valence-corrected chi connectivity index (χ1v) is 7.31. The molecule has 6 heteroatoms. The fraction of sp³-hybridized carbons (Fsp3) is 0.333. The summed E-state index contributed by atoms with van der Waals surface area (Å²) in [6, 6.07) is 9.33. The van der Waals surface area contributed by atoms with Gasteiger partial charge >= 0.3 is 0 Å². The first-order chi connectivity index (χ1) is 10.1. The second kappa shape index (κ2) is 7.24. The lowest BCUT2D eigenvalue weighted by Crippen LogP contribution is -2.38. The molecule has 1 heterocycles. The molecular formula is C15H19ClN4O. The van der Waals surface area contributed by atoms with Crippen LogP contribution in [-0.2, 0) is 0 Å². The SMILES string of the molecule is CCN[C@H](C)CNC(=O)c1cc(-c2ccccc2Cl)n[nH]1. The summed E-state index contributed by atoms with van der Waals surface area (Å²) < 4.78 is 0. The predicted octanol–water partition coefficient (Wildman–Crippen LogP) is 2.46. The molecule has 0 bridgehead atoms. The van der Waals surface area contributed by atoms with Gasteiger partial charge in [-0.15, -0.1) is 0 Å². The highest BCUT2D eigenvalue weighted by Crippen LogP contribution is 2.26. The highest BCUT2D eigenvalue weighted by molar-refractivity contribution is 6.33. The van der Waals surface area contributed by atoms with Gasteiger partial charge in [-0.3, -0.25) is 9.89 Å². The topological polar surface area (TPSA) is 69.8 Å². The van der Waals surface area contributed by atoms with Crippen LogP contribution >= 0.6 is 11.6 Å². The van der Waals surface area contributed by atoms with Crippen LogP contribution < -0.4 is 10.6 Å². The lowest BCUT2D eigenvalue weighted by atomic mass is 10.1. The van der Waals surface area contributed by atoms with Crippen LogP contribution in [0.4, 0.5) is 0 Å². The average Bonchev–Trinajstić information content (AvgIpc) is 2.95. The van der Waals surface area contributed by atoms with Crippen molar-refractivity contribution in [3.8, 4) is 11.3 Å². The number of amides is 1. The van der Waals surface area contributed by atoms with Gasteiger partial charge in [0, 0.05) is 18.2 Å². The summed E-state index contributed by atoms with van der Waals surface area (Å²) >= 11 is 6.12. The second-order valence-corrected chi connectivity index (χ2v) is 5.22. The van der Waals surface area contributed by atoms with Crippen LogP contribution in [-0.4, -0.2) is 35.2 Å². The molecule has 3 N–H and O–H groups in total. The van der Waals surface area contributed by atoms with Crippen molar-refractivity contribution in [3.05, 3.63) is 41.0 Å². The van der Waals surface area contributed by atoms with Gasteiger partial charge in [-0.1, -0.05) is 36.7 Å². The molecule has 0 aliphatic heterocycles. The fourth-order valence-electron chi connectivity index (χ4n) is 2.01. The Labute approximate surface area is 129 Å². The van der Waals surface area contributed by atoms with Gasteiger partial charge in [0.1, 0.15) is 5.69 Å². The first kappa shape index (κ1) is 15.5. The molecule has 1 aromatic heterocycles. The number of nitrogens with zero attached hydrogens (tertiary/aromatic N) is 1. The standard InChI is InChI=1S/C15H19ClN4O/c1-3-17-10(2)9-18-15(21)14-8-13(19-20-14)11-6-4-5-7-12(11)16/h4-8,10,17H,3,9H2,1-2H3,(H,18,21)(H,19,20)/t10-/m1/s1. The smallest absolute Gasteiger partial charge is 0.269 e. The number of hydrogen-bond acceptors (Lipinski definition) is 3. The van der Waals surface area contributed by atoms with Crippen LogP contribution in [0.1, 0.15) is 24.3 Å². The maximum atomic E-state index is 12.0. The molecule has 1 amide bonds. The van der Waals surface area contributed by atoms with Gasteiger partial charge in [-0.05, 0) is 25.6 Å². The summed E-state index contributed by atoms with van der Waals surface area (Å²) in [7, 11) is 0. The van der Waals surface area contributed by atoms with Gasteiger partial charge in [0.15, 0.2) is 0 Å². The van der Waals surface area contributed by atoms with Gasteiger partial charge < -0.3 is 10.6 Å². The molecule has 112 valence electrons. The largest absolute Gasteiger partial charge is 0.349 e. The Balaban J connectivity index is 2.03. The Morgan fingerprint density at radius 1 is 1.43 bits per heavy atom. The Morgan fingerprint density at radius 2 is 2.19 bits per heavy atom. The number of aromatic amines is 1. The number of carbonyl (C=O) groups is 1. The molecule has 0 aliphatic rings. The Kier molecular flexibility index (Phi) is 5.36. The molecule has 0 spiro atoms. The van der Waals surface area contributed by atoms with Gasteiger partial charge in [0.25, 0.3) is 5.91 Å². The zero-order valence-electron chi connectivity index (χ0n) is 12.1. The third-order valence-corrected chi connectivity index (χ3v) is 3.42.